The molecule has 0 aromatic heterocycles. The molecule has 1 fully saturated rings. The van der Waals surface area contributed by atoms with Crippen LogP contribution in [0.4, 0.5) is 17.3 Å². The van der Waals surface area contributed by atoms with Gasteiger partial charge in [0.2, 0.25) is 0 Å². The molecule has 2 rings (SSSR count). The van der Waals surface area contributed by atoms with Gasteiger partial charge in [-0.05, 0) is 6.92 Å². The summed E-state index contributed by atoms with van der Waals surface area (Å²) in [4.78, 5) is 1.76. The van der Waals surface area contributed by atoms with Crippen molar-refractivity contribution in [2.24, 2.45) is 0 Å². The van der Waals surface area contributed by atoms with Crippen molar-refractivity contribution in [2.75, 3.05) is 13.1 Å². The number of nitrogens with one attached hydrogen (secondary N) is 1. The predicted molar refractivity (Wildman–Crippen MR) is 65.0 cm³/mol. The first-order chi connectivity index (χ1) is 8.38. The molecule has 18 heavy (non-hydrogen) atoms. The van der Waals surface area contributed by atoms with E-state index in [4.69, 9.17) is 0 Å². The molecule has 1 unspecified atom stereocenters. The van der Waals surface area contributed by atoms with Gasteiger partial charge in [-0.2, -0.15) is 0 Å². The van der Waals surface area contributed by atoms with Crippen LogP contribution in [-0.4, -0.2) is 20.3 Å². The first-order valence-corrected chi connectivity index (χ1v) is 6.15. The zero-order chi connectivity index (χ0) is 13.6. The Kier molecular flexibility index (Phi) is 5.66. The Hall–Kier alpha value is -1.04. The minimum Gasteiger partial charge on any atom is -0.418 e. The van der Waals surface area contributed by atoms with Gasteiger partial charge >= 0.3 is 7.25 Å². The lowest BCUT2D eigenvalue weighted by molar-refractivity contribution is -0.917. The van der Waals surface area contributed by atoms with E-state index < -0.39 is 7.25 Å². The summed E-state index contributed by atoms with van der Waals surface area (Å²) < 4.78 is 39.0. The van der Waals surface area contributed by atoms with Crippen molar-refractivity contribution >= 4 is 7.25 Å². The second kappa shape index (κ2) is 6.78. The normalized spacial score (nSPS) is 18.1. The number of likely N-dealkylation sites (tertiary alicyclic amines) is 1. The summed E-state index contributed by atoms with van der Waals surface area (Å²) in [6.07, 6.45) is 2.82. The summed E-state index contributed by atoms with van der Waals surface area (Å²) in [5.74, 6) is 0. The summed E-state index contributed by atoms with van der Waals surface area (Å²) in [7, 11) is -6.00. The van der Waals surface area contributed by atoms with Crippen LogP contribution >= 0.6 is 0 Å². The standard InChI is InChI=1S/C12H17N.BF4/c1-11(13-9-5-6-10-13)12-7-3-2-4-8-12;2-1(3,4)5/h2-4,7-8,11H,5-6,9-10H2,1H3;/q;-1/p+1. The highest BCUT2D eigenvalue weighted by molar-refractivity contribution is 6.50. The third-order valence-corrected chi connectivity index (χ3v) is 3.16. The van der Waals surface area contributed by atoms with Crippen LogP contribution in [0.5, 0.6) is 0 Å². The molecule has 0 spiro atoms. The molecule has 0 aliphatic carbocycles. The van der Waals surface area contributed by atoms with Crippen LogP contribution < -0.4 is 4.90 Å². The van der Waals surface area contributed by atoms with Crippen LogP contribution in [0.1, 0.15) is 31.4 Å². The van der Waals surface area contributed by atoms with Gasteiger partial charge < -0.3 is 22.2 Å². The van der Waals surface area contributed by atoms with Gasteiger partial charge in [0.25, 0.3) is 0 Å². The first kappa shape index (κ1) is 15.0. The molecule has 1 aromatic carbocycles. The minimum atomic E-state index is -6.00. The fraction of sp³-hybridized carbons (Fsp3) is 0.500. The molecular formula is C12H18BF4N. The van der Waals surface area contributed by atoms with E-state index in [1.807, 2.05) is 0 Å². The molecule has 1 aliphatic heterocycles. The lowest BCUT2D eigenvalue weighted by atomic mass is 10.1. The van der Waals surface area contributed by atoms with Crippen molar-refractivity contribution in [3.8, 4) is 0 Å². The molecule has 1 N–H and O–H groups in total. The third kappa shape index (κ3) is 6.05. The molecule has 1 nitrogen and oxygen atoms in total. The number of benzene rings is 1. The zero-order valence-electron chi connectivity index (χ0n) is 10.4. The molecule has 0 saturated carbocycles. The summed E-state index contributed by atoms with van der Waals surface area (Å²) in [6, 6.07) is 11.5. The van der Waals surface area contributed by atoms with Gasteiger partial charge in [-0.15, -0.1) is 0 Å². The molecule has 0 amide bonds. The van der Waals surface area contributed by atoms with Crippen molar-refractivity contribution in [3.05, 3.63) is 35.9 Å². The molecule has 1 heterocycles. The summed E-state index contributed by atoms with van der Waals surface area (Å²) in [6.45, 7) is 5.06. The highest BCUT2D eigenvalue weighted by Gasteiger charge is 2.22. The predicted octanol–water partition coefficient (Wildman–Crippen LogP) is 2.73. The summed E-state index contributed by atoms with van der Waals surface area (Å²) in [5.41, 5.74) is 1.49. The number of hydrogen-bond donors (Lipinski definition) is 1. The van der Waals surface area contributed by atoms with E-state index >= 15 is 0 Å². The summed E-state index contributed by atoms with van der Waals surface area (Å²) in [5, 5.41) is 0. The second-order valence-electron chi connectivity index (χ2n) is 4.49. The van der Waals surface area contributed by atoms with E-state index in [1.54, 1.807) is 4.90 Å². The average Bonchev–Trinajstić information content (AvgIpc) is 2.80. The molecule has 6 heteroatoms. The lowest BCUT2D eigenvalue weighted by Gasteiger charge is -2.20. The molecule has 1 aromatic rings. The van der Waals surface area contributed by atoms with E-state index in [-0.39, 0.29) is 0 Å². The highest BCUT2D eigenvalue weighted by Crippen LogP contribution is 2.09. The van der Waals surface area contributed by atoms with Gasteiger partial charge in [0.15, 0.2) is 0 Å². The van der Waals surface area contributed by atoms with Crippen molar-refractivity contribution in [1.29, 1.82) is 0 Å². The fourth-order valence-electron chi connectivity index (χ4n) is 2.24. The number of quaternary nitrogens is 1. The second-order valence-corrected chi connectivity index (χ2v) is 4.49. The fourth-order valence-corrected chi connectivity index (χ4v) is 2.24. The summed E-state index contributed by atoms with van der Waals surface area (Å²) >= 11 is 0. The van der Waals surface area contributed by atoms with E-state index in [1.165, 1.54) is 31.5 Å². The molecule has 1 atom stereocenters. The van der Waals surface area contributed by atoms with Gasteiger partial charge in [0, 0.05) is 18.4 Å². The maximum absolute atomic E-state index is 9.75. The Morgan fingerprint density at radius 2 is 1.44 bits per heavy atom. The zero-order valence-corrected chi connectivity index (χ0v) is 10.4. The van der Waals surface area contributed by atoms with Crippen LogP contribution in [0.25, 0.3) is 0 Å². The van der Waals surface area contributed by atoms with Gasteiger partial charge in [0.05, 0.1) is 13.1 Å². The van der Waals surface area contributed by atoms with Gasteiger partial charge in [-0.1, -0.05) is 30.3 Å². The average molecular weight is 263 g/mol. The first-order valence-electron chi connectivity index (χ1n) is 6.15. The van der Waals surface area contributed by atoms with Gasteiger partial charge in [0.1, 0.15) is 6.04 Å². The Morgan fingerprint density at radius 3 is 1.89 bits per heavy atom. The Balaban J connectivity index is 0.000000280. The highest BCUT2D eigenvalue weighted by atomic mass is 19.5. The minimum absolute atomic E-state index is 0.684. The largest absolute Gasteiger partial charge is 0.673 e. The van der Waals surface area contributed by atoms with Crippen molar-refractivity contribution in [1.82, 2.24) is 0 Å². The molecule has 1 saturated heterocycles. The molecule has 102 valence electrons. The van der Waals surface area contributed by atoms with Gasteiger partial charge in [-0.25, -0.2) is 0 Å². The Labute approximate surface area is 105 Å². The monoisotopic (exact) mass is 263 g/mol. The maximum Gasteiger partial charge on any atom is 0.673 e. The third-order valence-electron chi connectivity index (χ3n) is 3.16. The topological polar surface area (TPSA) is 4.44 Å². The SMILES string of the molecule is CC(c1ccccc1)[NH+]1CCCC1.F[B-](F)(F)F. The van der Waals surface area contributed by atoms with E-state index in [9.17, 15) is 17.3 Å². The number of hydrogen-bond acceptors (Lipinski definition) is 0. The Morgan fingerprint density at radius 1 is 1.00 bits per heavy atom. The Bertz CT molecular complexity index is 330. The van der Waals surface area contributed by atoms with Crippen molar-refractivity contribution < 1.29 is 22.2 Å². The van der Waals surface area contributed by atoms with Crippen molar-refractivity contribution in [2.45, 2.75) is 25.8 Å². The number of halogens is 4. The van der Waals surface area contributed by atoms with Crippen LogP contribution in [0, 0.1) is 0 Å². The molecule has 0 radical (unpaired) electrons. The maximum atomic E-state index is 9.75. The molecule has 0 bridgehead atoms. The molecular weight excluding hydrogens is 245 g/mol. The van der Waals surface area contributed by atoms with Crippen LogP contribution in [0.15, 0.2) is 30.3 Å². The smallest absolute Gasteiger partial charge is 0.418 e. The van der Waals surface area contributed by atoms with E-state index in [0.717, 1.165) is 0 Å². The number of rotatable bonds is 2. The van der Waals surface area contributed by atoms with Crippen LogP contribution in [0.2, 0.25) is 0 Å². The van der Waals surface area contributed by atoms with Crippen LogP contribution in [0.3, 0.4) is 0 Å². The lowest BCUT2D eigenvalue weighted by Crippen LogP contribution is -3.09. The van der Waals surface area contributed by atoms with Crippen molar-refractivity contribution in [3.63, 3.8) is 0 Å². The molecule has 1 aliphatic rings. The van der Waals surface area contributed by atoms with Gasteiger partial charge in [-0.3, -0.25) is 0 Å². The van der Waals surface area contributed by atoms with Crippen LogP contribution in [-0.2, 0) is 0 Å². The van der Waals surface area contributed by atoms with E-state index in [2.05, 4.69) is 37.3 Å². The van der Waals surface area contributed by atoms with E-state index in [0.29, 0.717) is 6.04 Å². The quantitative estimate of drug-likeness (QED) is 0.618.